The Kier molecular flexibility index (Phi) is 19.0. The van der Waals surface area contributed by atoms with Crippen LogP contribution < -0.4 is 0 Å². The molecule has 0 radical (unpaired) electrons. The highest BCUT2D eigenvalue weighted by Gasteiger charge is 2.19. The van der Waals surface area contributed by atoms with Gasteiger partial charge in [-0.05, 0) is 25.7 Å². The van der Waals surface area contributed by atoms with E-state index in [1.807, 2.05) is 0 Å². The van der Waals surface area contributed by atoms with E-state index in [4.69, 9.17) is 5.11 Å². The van der Waals surface area contributed by atoms with Crippen molar-refractivity contribution in [3.8, 4) is 0 Å². The lowest BCUT2D eigenvalue weighted by Gasteiger charge is -2.32. The van der Waals surface area contributed by atoms with Crippen molar-refractivity contribution in [2.75, 3.05) is 27.2 Å². The second kappa shape index (κ2) is 19.4. The summed E-state index contributed by atoms with van der Waals surface area (Å²) in [6, 6.07) is 0. The second-order valence-electron chi connectivity index (χ2n) is 9.73. The highest BCUT2D eigenvalue weighted by Crippen LogP contribution is 2.14. The van der Waals surface area contributed by atoms with Gasteiger partial charge in [0.25, 0.3) is 0 Å². The Hall–Kier alpha value is -0.610. The number of likely N-dealkylation sites (N-methyl/N-ethyl adjacent to an activating group) is 1. The maximum Gasteiger partial charge on any atom is 0.303 e. The Morgan fingerprint density at radius 1 is 0.724 bits per heavy atom. The van der Waals surface area contributed by atoms with E-state index < -0.39 is 5.97 Å². The van der Waals surface area contributed by atoms with Crippen LogP contribution in [0.3, 0.4) is 0 Å². The smallest absolute Gasteiger partial charge is 0.303 e. The lowest BCUT2D eigenvalue weighted by Crippen LogP contribution is -2.45. The van der Waals surface area contributed by atoms with Gasteiger partial charge in [-0.3, -0.25) is 4.79 Å². The average molecular weight is 415 g/mol. The Morgan fingerprint density at radius 2 is 1.17 bits per heavy atom. The molecule has 2 N–H and O–H groups in total. The van der Waals surface area contributed by atoms with Gasteiger partial charge in [0, 0.05) is 6.42 Å². The summed E-state index contributed by atoms with van der Waals surface area (Å²) in [5.74, 6) is -0.676. The van der Waals surface area contributed by atoms with Gasteiger partial charge in [-0.1, -0.05) is 90.4 Å². The zero-order chi connectivity index (χ0) is 21.8. The van der Waals surface area contributed by atoms with Crippen molar-refractivity contribution in [3.63, 3.8) is 0 Å². The minimum Gasteiger partial charge on any atom is -0.481 e. The van der Waals surface area contributed by atoms with Crippen molar-refractivity contribution in [1.29, 1.82) is 0 Å². The largest absolute Gasteiger partial charge is 0.481 e. The fourth-order valence-corrected chi connectivity index (χ4v) is 4.14. The van der Waals surface area contributed by atoms with Crippen LogP contribution in [0.5, 0.6) is 0 Å². The summed E-state index contributed by atoms with van der Waals surface area (Å²) in [6.45, 7) is 4.26. The summed E-state index contributed by atoms with van der Waals surface area (Å²) in [7, 11) is 4.48. The van der Waals surface area contributed by atoms with Crippen LogP contribution in [0.2, 0.25) is 0 Å². The number of aliphatic hydroxyl groups is 1. The third-order valence-corrected chi connectivity index (χ3v) is 6.00. The van der Waals surface area contributed by atoms with E-state index >= 15 is 0 Å². The van der Waals surface area contributed by atoms with Gasteiger partial charge in [-0.25, -0.2) is 0 Å². The highest BCUT2D eigenvalue weighted by atomic mass is 16.4. The monoisotopic (exact) mass is 414 g/mol. The van der Waals surface area contributed by atoms with Crippen molar-refractivity contribution >= 4 is 5.97 Å². The molecule has 29 heavy (non-hydrogen) atoms. The molecule has 174 valence electrons. The third-order valence-electron chi connectivity index (χ3n) is 6.00. The Labute approximate surface area is 181 Å². The summed E-state index contributed by atoms with van der Waals surface area (Å²) < 4.78 is 0.914. The van der Waals surface area contributed by atoms with Crippen LogP contribution >= 0.6 is 0 Å². The number of aliphatic hydroxyl groups excluding tert-OH is 1. The van der Waals surface area contributed by atoms with Crippen LogP contribution in [0.1, 0.15) is 122 Å². The van der Waals surface area contributed by atoms with Crippen LogP contribution in [0, 0.1) is 0 Å². The Bertz CT molecular complexity index is 371. The van der Waals surface area contributed by atoms with Crippen molar-refractivity contribution in [3.05, 3.63) is 0 Å². The topological polar surface area (TPSA) is 57.5 Å². The second-order valence-corrected chi connectivity index (χ2v) is 9.73. The first-order valence-corrected chi connectivity index (χ1v) is 12.6. The van der Waals surface area contributed by atoms with Crippen LogP contribution in [0.15, 0.2) is 0 Å². The van der Waals surface area contributed by atoms with E-state index in [0.717, 1.165) is 49.7 Å². The molecule has 1 unspecified atom stereocenters. The predicted molar refractivity (Wildman–Crippen MR) is 124 cm³/mol. The molecule has 0 aromatic carbocycles. The molecule has 0 aliphatic heterocycles. The van der Waals surface area contributed by atoms with Crippen molar-refractivity contribution in [2.45, 2.75) is 129 Å². The van der Waals surface area contributed by atoms with Gasteiger partial charge in [-0.15, -0.1) is 0 Å². The average Bonchev–Trinajstić information content (AvgIpc) is 2.64. The molecule has 0 heterocycles. The van der Waals surface area contributed by atoms with Gasteiger partial charge in [0.1, 0.15) is 12.6 Å². The number of aliphatic carboxylic acids is 1. The minimum atomic E-state index is -0.676. The van der Waals surface area contributed by atoms with E-state index in [0.29, 0.717) is 6.42 Å². The Balaban J connectivity index is 3.51. The number of nitrogens with zero attached hydrogens (tertiary/aromatic N) is 1. The number of hydrogen-bond acceptors (Lipinski definition) is 2. The molecular formula is C25H52NO3+. The van der Waals surface area contributed by atoms with Crippen LogP contribution in [-0.4, -0.2) is 54.0 Å². The van der Waals surface area contributed by atoms with Crippen LogP contribution in [0.4, 0.5) is 0 Å². The fraction of sp³-hybridized carbons (Fsp3) is 0.960. The molecule has 0 aliphatic carbocycles. The van der Waals surface area contributed by atoms with Gasteiger partial charge in [0.15, 0.2) is 0 Å². The van der Waals surface area contributed by atoms with Crippen molar-refractivity contribution in [1.82, 2.24) is 0 Å². The highest BCUT2D eigenvalue weighted by molar-refractivity contribution is 5.66. The van der Waals surface area contributed by atoms with Gasteiger partial charge < -0.3 is 14.7 Å². The van der Waals surface area contributed by atoms with Gasteiger partial charge in [0.2, 0.25) is 0 Å². The number of carboxylic acid groups (broad SMARTS) is 1. The number of carbonyl (C=O) groups is 1. The lowest BCUT2D eigenvalue weighted by atomic mass is 10.0. The molecule has 0 saturated heterocycles. The summed E-state index contributed by atoms with van der Waals surface area (Å²) in [5, 5.41) is 19.0. The lowest BCUT2D eigenvalue weighted by molar-refractivity contribution is -0.893. The van der Waals surface area contributed by atoms with E-state index in [1.54, 1.807) is 0 Å². The van der Waals surface area contributed by atoms with E-state index in [1.165, 1.54) is 77.0 Å². The molecule has 1 atom stereocenters. The van der Waals surface area contributed by atoms with Gasteiger partial charge in [0.05, 0.1) is 20.6 Å². The SMILES string of the molecule is CCCCCCCCCCCC(O)C[N+](C)(C)CCCCCCCCCC(=O)O. The standard InChI is InChI=1S/C25H51NO3/c1-4-5-6-7-8-9-11-14-17-20-24(27)23-26(2,3)22-19-16-13-10-12-15-18-21-25(28)29/h24,27H,4-23H2,1-3H3/p+1. The van der Waals surface area contributed by atoms with Crippen molar-refractivity contribution < 1.29 is 19.5 Å². The molecule has 0 spiro atoms. The minimum absolute atomic E-state index is 0.163. The summed E-state index contributed by atoms with van der Waals surface area (Å²) in [4.78, 5) is 10.5. The molecule has 0 aromatic rings. The number of quaternary nitrogens is 1. The first kappa shape index (κ1) is 28.4. The molecule has 0 rings (SSSR count). The maximum absolute atomic E-state index is 10.5. The summed E-state index contributed by atoms with van der Waals surface area (Å²) in [6.07, 6.45) is 21.0. The molecular weight excluding hydrogens is 362 g/mol. The summed E-state index contributed by atoms with van der Waals surface area (Å²) >= 11 is 0. The maximum atomic E-state index is 10.5. The molecule has 4 nitrogen and oxygen atoms in total. The number of rotatable bonds is 22. The normalized spacial score (nSPS) is 13.0. The van der Waals surface area contributed by atoms with Gasteiger partial charge >= 0.3 is 5.97 Å². The van der Waals surface area contributed by atoms with Crippen molar-refractivity contribution in [2.24, 2.45) is 0 Å². The number of unbranched alkanes of at least 4 members (excludes halogenated alkanes) is 14. The molecule has 0 aromatic heterocycles. The third kappa shape index (κ3) is 21.9. The fourth-order valence-electron chi connectivity index (χ4n) is 4.14. The molecule has 0 saturated carbocycles. The van der Waals surface area contributed by atoms with Gasteiger partial charge in [-0.2, -0.15) is 0 Å². The molecule has 0 fully saturated rings. The zero-order valence-corrected chi connectivity index (χ0v) is 20.0. The van der Waals surface area contributed by atoms with Crippen LogP contribution in [-0.2, 0) is 4.79 Å². The number of hydrogen-bond donors (Lipinski definition) is 2. The number of carboxylic acids is 1. The van der Waals surface area contributed by atoms with Crippen LogP contribution in [0.25, 0.3) is 0 Å². The zero-order valence-electron chi connectivity index (χ0n) is 20.0. The first-order valence-electron chi connectivity index (χ1n) is 12.6. The summed E-state index contributed by atoms with van der Waals surface area (Å²) in [5.41, 5.74) is 0. The predicted octanol–water partition coefficient (Wildman–Crippen LogP) is 6.55. The van der Waals surface area contributed by atoms with E-state index in [-0.39, 0.29) is 6.10 Å². The molecule has 0 amide bonds. The quantitative estimate of drug-likeness (QED) is 0.156. The molecule has 4 heteroatoms. The first-order chi connectivity index (χ1) is 13.9. The molecule has 0 aliphatic rings. The Morgan fingerprint density at radius 3 is 1.69 bits per heavy atom. The molecule has 0 bridgehead atoms. The van der Waals surface area contributed by atoms with E-state index in [2.05, 4.69) is 21.0 Å². The van der Waals surface area contributed by atoms with E-state index in [9.17, 15) is 9.90 Å².